The molecule has 1 aliphatic rings. The van der Waals surface area contributed by atoms with Crippen LogP contribution >= 0.6 is 0 Å². The summed E-state index contributed by atoms with van der Waals surface area (Å²) in [5.41, 5.74) is 0.747. The minimum Gasteiger partial charge on any atom is -0.456 e. The summed E-state index contributed by atoms with van der Waals surface area (Å²) < 4.78 is 25.7. The van der Waals surface area contributed by atoms with Crippen molar-refractivity contribution in [3.63, 3.8) is 0 Å². The molecule has 1 saturated carbocycles. The summed E-state index contributed by atoms with van der Waals surface area (Å²) in [7, 11) is 0. The first-order chi connectivity index (χ1) is 12.6. The van der Waals surface area contributed by atoms with Gasteiger partial charge in [-0.3, -0.25) is 0 Å². The maximum Gasteiger partial charge on any atom is 0.338 e. The predicted molar refractivity (Wildman–Crippen MR) is 94.6 cm³/mol. The lowest BCUT2D eigenvalue weighted by Gasteiger charge is -2.21. The van der Waals surface area contributed by atoms with Gasteiger partial charge in [-0.25, -0.2) is 14.0 Å². The van der Waals surface area contributed by atoms with Gasteiger partial charge in [-0.1, -0.05) is 43.3 Å². The first kappa shape index (κ1) is 18.1. The number of ether oxygens (including phenoxy) is 2. The zero-order valence-corrected chi connectivity index (χ0v) is 14.5. The van der Waals surface area contributed by atoms with Gasteiger partial charge < -0.3 is 9.47 Å². The van der Waals surface area contributed by atoms with Crippen LogP contribution in [0.3, 0.4) is 0 Å². The van der Waals surface area contributed by atoms with Crippen molar-refractivity contribution in [3.05, 3.63) is 71.8 Å². The molecule has 0 aromatic heterocycles. The van der Waals surface area contributed by atoms with E-state index in [2.05, 4.69) is 0 Å². The summed E-state index contributed by atoms with van der Waals surface area (Å²) >= 11 is 0. The molecule has 0 N–H and O–H groups in total. The first-order valence-electron chi connectivity index (χ1n) is 8.76. The summed E-state index contributed by atoms with van der Waals surface area (Å²) in [4.78, 5) is 24.5. The van der Waals surface area contributed by atoms with Crippen molar-refractivity contribution in [2.24, 2.45) is 5.92 Å². The molecule has 0 heterocycles. The van der Waals surface area contributed by atoms with Gasteiger partial charge in [-0.2, -0.15) is 0 Å². The van der Waals surface area contributed by atoms with Crippen molar-refractivity contribution in [2.75, 3.05) is 0 Å². The molecule has 2 aromatic carbocycles. The maximum absolute atomic E-state index is 14.9. The molecular formula is C21H21FO4. The molecule has 4 atom stereocenters. The summed E-state index contributed by atoms with van der Waals surface area (Å²) in [6.07, 6.45) is -2.40. The number of halogens is 1. The first-order valence-corrected chi connectivity index (χ1v) is 8.76. The van der Waals surface area contributed by atoms with Crippen LogP contribution < -0.4 is 0 Å². The maximum atomic E-state index is 14.9. The van der Waals surface area contributed by atoms with Gasteiger partial charge in [0.05, 0.1) is 11.1 Å². The highest BCUT2D eigenvalue weighted by Gasteiger charge is 2.47. The van der Waals surface area contributed by atoms with Crippen LogP contribution in [0.5, 0.6) is 0 Å². The fraction of sp³-hybridized carbons (Fsp3) is 0.333. The van der Waals surface area contributed by atoms with E-state index < -0.39 is 30.3 Å². The third-order valence-electron chi connectivity index (χ3n) is 4.71. The van der Waals surface area contributed by atoms with E-state index in [1.54, 1.807) is 60.7 Å². The van der Waals surface area contributed by atoms with E-state index in [4.69, 9.17) is 9.47 Å². The van der Waals surface area contributed by atoms with Crippen LogP contribution in [0.1, 0.15) is 40.5 Å². The van der Waals surface area contributed by atoms with Crippen molar-refractivity contribution >= 4 is 11.9 Å². The lowest BCUT2D eigenvalue weighted by atomic mass is 10.0. The second kappa shape index (κ2) is 8.13. The van der Waals surface area contributed by atoms with Crippen molar-refractivity contribution in [3.8, 4) is 0 Å². The Morgan fingerprint density at radius 1 is 0.923 bits per heavy atom. The number of hydrogen-bond acceptors (Lipinski definition) is 4. The van der Waals surface area contributed by atoms with Crippen LogP contribution in [-0.2, 0) is 9.47 Å². The fourth-order valence-electron chi connectivity index (χ4n) is 3.25. The molecule has 5 heteroatoms. The molecule has 0 saturated heterocycles. The Hall–Kier alpha value is -2.69. The van der Waals surface area contributed by atoms with Crippen molar-refractivity contribution in [1.82, 2.24) is 0 Å². The minimum absolute atomic E-state index is 0.189. The highest BCUT2D eigenvalue weighted by molar-refractivity contribution is 5.90. The Kier molecular flexibility index (Phi) is 5.66. The molecule has 26 heavy (non-hydrogen) atoms. The molecule has 0 spiro atoms. The van der Waals surface area contributed by atoms with Gasteiger partial charge in [0.2, 0.25) is 0 Å². The van der Waals surface area contributed by atoms with Gasteiger partial charge in [-0.15, -0.1) is 0 Å². The third kappa shape index (κ3) is 3.93. The van der Waals surface area contributed by atoms with E-state index in [0.717, 1.165) is 0 Å². The van der Waals surface area contributed by atoms with E-state index in [1.165, 1.54) is 0 Å². The second-order valence-electron chi connectivity index (χ2n) is 6.39. The summed E-state index contributed by atoms with van der Waals surface area (Å²) in [5, 5.41) is 0. The van der Waals surface area contributed by atoms with E-state index >= 15 is 0 Å². The van der Waals surface area contributed by atoms with Crippen LogP contribution in [0.15, 0.2) is 60.7 Å². The fourth-order valence-corrected chi connectivity index (χ4v) is 3.25. The third-order valence-corrected chi connectivity index (χ3v) is 4.71. The van der Waals surface area contributed by atoms with Gasteiger partial charge in [-0.05, 0) is 37.1 Å². The standard InChI is InChI=1S/C21H21FO4/c1-2-14-13-17(25-20(23)15-9-5-3-6-10-15)18(22)19(14)26-21(24)16-11-7-4-8-12-16/h3-12,14,17-19H,2,13H2,1H3/t14-,17-,18+,19+/m0/s1. The van der Waals surface area contributed by atoms with Crippen LogP contribution in [0.4, 0.5) is 4.39 Å². The molecule has 0 bridgehead atoms. The number of rotatable bonds is 5. The monoisotopic (exact) mass is 356 g/mol. The number of benzene rings is 2. The predicted octanol–water partition coefficient (Wildman–Crippen LogP) is 4.21. The number of carbonyl (C=O) groups excluding carboxylic acids is 2. The summed E-state index contributed by atoms with van der Waals surface area (Å²) in [5.74, 6) is -1.32. The Bertz CT molecular complexity index is 747. The molecule has 2 aromatic rings. The highest BCUT2D eigenvalue weighted by Crippen LogP contribution is 2.36. The van der Waals surface area contributed by atoms with Gasteiger partial charge in [0.25, 0.3) is 0 Å². The Balaban J connectivity index is 1.67. The smallest absolute Gasteiger partial charge is 0.338 e. The highest BCUT2D eigenvalue weighted by atomic mass is 19.1. The Labute approximate surface area is 151 Å². The molecule has 4 nitrogen and oxygen atoms in total. The molecule has 0 aliphatic heterocycles. The lowest BCUT2D eigenvalue weighted by Crippen LogP contribution is -2.34. The van der Waals surface area contributed by atoms with Crippen LogP contribution in [0.25, 0.3) is 0 Å². The molecule has 1 aliphatic carbocycles. The van der Waals surface area contributed by atoms with Gasteiger partial charge in [0.1, 0.15) is 12.2 Å². The summed E-state index contributed by atoms with van der Waals surface area (Å²) in [6.45, 7) is 1.90. The lowest BCUT2D eigenvalue weighted by molar-refractivity contribution is -0.0218. The van der Waals surface area contributed by atoms with Crippen LogP contribution in [0.2, 0.25) is 0 Å². The van der Waals surface area contributed by atoms with Crippen LogP contribution in [0, 0.1) is 5.92 Å². The van der Waals surface area contributed by atoms with Gasteiger partial charge in [0.15, 0.2) is 6.17 Å². The average molecular weight is 356 g/mol. The molecular weight excluding hydrogens is 335 g/mol. The van der Waals surface area contributed by atoms with Crippen molar-refractivity contribution in [1.29, 1.82) is 0 Å². The van der Waals surface area contributed by atoms with E-state index in [0.29, 0.717) is 24.0 Å². The van der Waals surface area contributed by atoms with Gasteiger partial charge in [0, 0.05) is 5.92 Å². The van der Waals surface area contributed by atoms with E-state index in [-0.39, 0.29) is 5.92 Å². The Morgan fingerprint density at radius 3 is 1.92 bits per heavy atom. The Morgan fingerprint density at radius 2 is 1.42 bits per heavy atom. The number of alkyl halides is 1. The van der Waals surface area contributed by atoms with E-state index in [1.807, 2.05) is 6.92 Å². The molecule has 0 radical (unpaired) electrons. The minimum atomic E-state index is -1.54. The van der Waals surface area contributed by atoms with Crippen molar-refractivity contribution in [2.45, 2.75) is 38.1 Å². The van der Waals surface area contributed by atoms with Crippen LogP contribution in [-0.4, -0.2) is 30.3 Å². The van der Waals surface area contributed by atoms with E-state index in [9.17, 15) is 14.0 Å². The van der Waals surface area contributed by atoms with Crippen molar-refractivity contribution < 1.29 is 23.5 Å². The average Bonchev–Trinajstić information content (AvgIpc) is 2.98. The number of hydrogen-bond donors (Lipinski definition) is 0. The SMILES string of the molecule is CC[C@H]1C[C@H](OC(=O)c2ccccc2)[C@@H](F)[C@@H]1OC(=O)c1ccccc1. The zero-order chi connectivity index (χ0) is 18.5. The molecule has 0 unspecified atom stereocenters. The zero-order valence-electron chi connectivity index (χ0n) is 14.5. The molecule has 1 fully saturated rings. The molecule has 0 amide bonds. The number of esters is 2. The summed E-state index contributed by atoms with van der Waals surface area (Å²) in [6, 6.07) is 16.9. The number of carbonyl (C=O) groups is 2. The largest absolute Gasteiger partial charge is 0.456 e. The molecule has 3 rings (SSSR count). The normalized spacial score (nSPS) is 24.8. The van der Waals surface area contributed by atoms with Gasteiger partial charge >= 0.3 is 11.9 Å². The quantitative estimate of drug-likeness (QED) is 0.753. The molecule has 136 valence electrons. The second-order valence-corrected chi connectivity index (χ2v) is 6.39. The topological polar surface area (TPSA) is 52.6 Å².